The van der Waals surface area contributed by atoms with Crippen molar-refractivity contribution in [1.29, 1.82) is 0 Å². The van der Waals surface area contributed by atoms with E-state index in [9.17, 15) is 14.7 Å². The molecule has 5 nitrogen and oxygen atoms in total. The molecule has 0 unspecified atom stereocenters. The molecule has 0 radical (unpaired) electrons. The molecular weight excluding hydrogens is 340 g/mol. The Bertz CT molecular complexity index is 790. The predicted molar refractivity (Wildman–Crippen MR) is 99.2 cm³/mol. The molecule has 0 bridgehead atoms. The molecule has 0 aromatic heterocycles. The molecule has 0 fully saturated rings. The van der Waals surface area contributed by atoms with E-state index in [4.69, 9.17) is 11.6 Å². The van der Waals surface area contributed by atoms with Crippen molar-refractivity contribution in [3.8, 4) is 5.75 Å². The maximum atomic E-state index is 12.5. The van der Waals surface area contributed by atoms with E-state index < -0.39 is 5.91 Å². The summed E-state index contributed by atoms with van der Waals surface area (Å²) in [6.45, 7) is 3.86. The molecule has 25 heavy (non-hydrogen) atoms. The average molecular weight is 361 g/mol. The van der Waals surface area contributed by atoms with Crippen LogP contribution in [0.3, 0.4) is 0 Å². The first kappa shape index (κ1) is 18.8. The Balaban J connectivity index is 2.03. The van der Waals surface area contributed by atoms with Crippen LogP contribution in [0.4, 0.5) is 5.69 Å². The van der Waals surface area contributed by atoms with Gasteiger partial charge in [-0.15, -0.1) is 0 Å². The number of likely N-dealkylation sites (N-methyl/N-ethyl adjacent to an activating group) is 1. The minimum absolute atomic E-state index is 0.0849. The lowest BCUT2D eigenvalue weighted by atomic mass is 10.0. The lowest BCUT2D eigenvalue weighted by Gasteiger charge is -2.18. The van der Waals surface area contributed by atoms with Crippen molar-refractivity contribution >= 4 is 29.1 Å². The molecule has 2 aromatic rings. The summed E-state index contributed by atoms with van der Waals surface area (Å²) >= 11 is 5.87. The molecule has 0 heterocycles. The fourth-order valence-electron chi connectivity index (χ4n) is 2.35. The van der Waals surface area contributed by atoms with Crippen LogP contribution in [-0.4, -0.2) is 35.4 Å². The number of hydrogen-bond donors (Lipinski definition) is 2. The van der Waals surface area contributed by atoms with E-state index in [0.717, 1.165) is 5.56 Å². The summed E-state index contributed by atoms with van der Waals surface area (Å²) < 4.78 is 0. The summed E-state index contributed by atoms with van der Waals surface area (Å²) in [5, 5.41) is 13.3. The number of benzene rings is 2. The van der Waals surface area contributed by atoms with E-state index in [1.165, 1.54) is 11.9 Å². The van der Waals surface area contributed by atoms with Gasteiger partial charge in [-0.3, -0.25) is 9.59 Å². The third-order valence-electron chi connectivity index (χ3n) is 3.75. The zero-order valence-electron chi connectivity index (χ0n) is 14.4. The van der Waals surface area contributed by atoms with Crippen LogP contribution in [-0.2, 0) is 4.79 Å². The molecular formula is C19H21ClN2O3. The molecule has 0 aliphatic heterocycles. The Morgan fingerprint density at radius 2 is 1.92 bits per heavy atom. The highest BCUT2D eigenvalue weighted by atomic mass is 35.5. The molecule has 2 aromatic carbocycles. The van der Waals surface area contributed by atoms with Crippen LogP contribution in [0.2, 0.25) is 5.02 Å². The molecule has 6 heteroatoms. The summed E-state index contributed by atoms with van der Waals surface area (Å²) in [7, 11) is 1.51. The maximum absolute atomic E-state index is 12.5. The van der Waals surface area contributed by atoms with E-state index in [1.807, 2.05) is 13.8 Å². The van der Waals surface area contributed by atoms with E-state index in [2.05, 4.69) is 5.32 Å². The zero-order chi connectivity index (χ0) is 18.6. The Labute approximate surface area is 152 Å². The number of hydrogen-bond acceptors (Lipinski definition) is 3. The van der Waals surface area contributed by atoms with Gasteiger partial charge in [0.25, 0.3) is 5.91 Å². The van der Waals surface area contributed by atoms with Crippen molar-refractivity contribution < 1.29 is 14.7 Å². The minimum Gasteiger partial charge on any atom is -0.507 e. The lowest BCUT2D eigenvalue weighted by molar-refractivity contribution is -0.116. The number of amides is 2. The molecule has 0 atom stereocenters. The number of carbonyl (C=O) groups is 2. The van der Waals surface area contributed by atoms with Gasteiger partial charge in [0.1, 0.15) is 5.75 Å². The van der Waals surface area contributed by atoms with E-state index in [0.29, 0.717) is 10.7 Å². The van der Waals surface area contributed by atoms with Crippen molar-refractivity contribution in [2.24, 2.45) is 0 Å². The van der Waals surface area contributed by atoms with Crippen molar-refractivity contribution in [3.63, 3.8) is 0 Å². The molecule has 0 spiro atoms. The standard InChI is InChI=1S/C19H21ClN2O3/c1-12(2)13-7-8-16(17(23)9-13)19(25)22(3)11-18(24)21-15-6-4-5-14(20)10-15/h4-10,12,23H,11H2,1-3H3,(H,21,24). The summed E-state index contributed by atoms with van der Waals surface area (Å²) in [5.41, 5.74) is 1.67. The van der Waals surface area contributed by atoms with Gasteiger partial charge in [-0.05, 0) is 41.8 Å². The molecule has 2 N–H and O–H groups in total. The summed E-state index contributed by atoms with van der Waals surface area (Å²) in [6.07, 6.45) is 0. The highest BCUT2D eigenvalue weighted by Crippen LogP contribution is 2.24. The van der Waals surface area contributed by atoms with Gasteiger partial charge >= 0.3 is 0 Å². The minimum atomic E-state index is -0.422. The van der Waals surface area contributed by atoms with Crippen molar-refractivity contribution in [3.05, 3.63) is 58.6 Å². The normalized spacial score (nSPS) is 10.6. The molecule has 0 aliphatic carbocycles. The third kappa shape index (κ3) is 4.97. The van der Waals surface area contributed by atoms with Gasteiger partial charge in [0.15, 0.2) is 0 Å². The van der Waals surface area contributed by atoms with Crippen LogP contribution < -0.4 is 5.32 Å². The lowest BCUT2D eigenvalue weighted by Crippen LogP contribution is -2.35. The second-order valence-corrected chi connectivity index (χ2v) is 6.59. The van der Waals surface area contributed by atoms with E-state index in [-0.39, 0.29) is 29.7 Å². The number of rotatable bonds is 5. The maximum Gasteiger partial charge on any atom is 0.257 e. The number of halogens is 1. The van der Waals surface area contributed by atoms with Crippen LogP contribution in [0.25, 0.3) is 0 Å². The summed E-state index contributed by atoms with van der Waals surface area (Å²) in [4.78, 5) is 25.8. The molecule has 0 saturated carbocycles. The number of aromatic hydroxyl groups is 1. The predicted octanol–water partition coefficient (Wildman–Crippen LogP) is 3.88. The Morgan fingerprint density at radius 1 is 1.20 bits per heavy atom. The van der Waals surface area contributed by atoms with Gasteiger partial charge < -0.3 is 15.3 Å². The van der Waals surface area contributed by atoms with Crippen LogP contribution in [0.15, 0.2) is 42.5 Å². The van der Waals surface area contributed by atoms with Gasteiger partial charge in [0, 0.05) is 17.8 Å². The van der Waals surface area contributed by atoms with Gasteiger partial charge in [0.05, 0.1) is 12.1 Å². The first-order chi connectivity index (χ1) is 11.8. The van der Waals surface area contributed by atoms with Crippen LogP contribution in [0.5, 0.6) is 5.75 Å². The Hall–Kier alpha value is -2.53. The number of phenolic OH excluding ortho intramolecular Hbond substituents is 1. The average Bonchev–Trinajstić information content (AvgIpc) is 2.53. The van der Waals surface area contributed by atoms with Crippen molar-refractivity contribution in [2.45, 2.75) is 19.8 Å². The largest absolute Gasteiger partial charge is 0.507 e. The number of nitrogens with one attached hydrogen (secondary N) is 1. The molecule has 2 rings (SSSR count). The van der Waals surface area contributed by atoms with Crippen LogP contribution in [0.1, 0.15) is 35.7 Å². The van der Waals surface area contributed by atoms with Crippen LogP contribution >= 0.6 is 11.6 Å². The second-order valence-electron chi connectivity index (χ2n) is 6.15. The first-order valence-electron chi connectivity index (χ1n) is 7.91. The number of carbonyl (C=O) groups excluding carboxylic acids is 2. The molecule has 0 saturated heterocycles. The molecule has 2 amide bonds. The second kappa shape index (κ2) is 8.03. The quantitative estimate of drug-likeness (QED) is 0.850. The topological polar surface area (TPSA) is 69.6 Å². The van der Waals surface area contributed by atoms with E-state index >= 15 is 0 Å². The van der Waals surface area contributed by atoms with Crippen LogP contribution in [0, 0.1) is 0 Å². The zero-order valence-corrected chi connectivity index (χ0v) is 15.2. The smallest absolute Gasteiger partial charge is 0.257 e. The van der Waals surface area contributed by atoms with Crippen molar-refractivity contribution in [1.82, 2.24) is 4.90 Å². The highest BCUT2D eigenvalue weighted by Gasteiger charge is 2.19. The Morgan fingerprint density at radius 3 is 2.52 bits per heavy atom. The van der Waals surface area contributed by atoms with Gasteiger partial charge in [-0.1, -0.05) is 37.6 Å². The number of anilines is 1. The fraction of sp³-hybridized carbons (Fsp3) is 0.263. The van der Waals surface area contributed by atoms with Crippen molar-refractivity contribution in [2.75, 3.05) is 18.9 Å². The number of phenols is 1. The molecule has 0 aliphatic rings. The van der Waals surface area contributed by atoms with E-state index in [1.54, 1.807) is 42.5 Å². The fourth-order valence-corrected chi connectivity index (χ4v) is 2.54. The monoisotopic (exact) mass is 360 g/mol. The van der Waals surface area contributed by atoms with Gasteiger partial charge in [-0.25, -0.2) is 0 Å². The SMILES string of the molecule is CC(C)c1ccc(C(=O)N(C)CC(=O)Nc2cccc(Cl)c2)c(O)c1. The third-order valence-corrected chi connectivity index (χ3v) is 3.99. The summed E-state index contributed by atoms with van der Waals surface area (Å²) in [6, 6.07) is 11.7. The Kier molecular flexibility index (Phi) is 6.04. The van der Waals surface area contributed by atoms with Gasteiger partial charge in [-0.2, -0.15) is 0 Å². The number of nitrogens with zero attached hydrogens (tertiary/aromatic N) is 1. The first-order valence-corrected chi connectivity index (χ1v) is 8.29. The van der Waals surface area contributed by atoms with Gasteiger partial charge in [0.2, 0.25) is 5.91 Å². The summed E-state index contributed by atoms with van der Waals surface area (Å²) in [5.74, 6) is -0.611. The highest BCUT2D eigenvalue weighted by molar-refractivity contribution is 6.30. The molecule has 132 valence electrons.